The molecule has 16 heteroatoms. The molecule has 212 valence electrons. The molecule has 0 spiro atoms. The van der Waals surface area contributed by atoms with Gasteiger partial charge in [-0.25, -0.2) is 19.5 Å². The highest BCUT2D eigenvalue weighted by Gasteiger charge is 2.38. The normalized spacial score (nSPS) is 13.8. The van der Waals surface area contributed by atoms with E-state index in [4.69, 9.17) is 4.74 Å². The van der Waals surface area contributed by atoms with Crippen molar-refractivity contribution >= 4 is 10.8 Å². The van der Waals surface area contributed by atoms with Crippen LogP contribution in [0.1, 0.15) is 24.5 Å². The van der Waals surface area contributed by atoms with E-state index in [1.165, 1.54) is 25.3 Å². The predicted molar refractivity (Wildman–Crippen MR) is 125 cm³/mol. The number of nitrogens with one attached hydrogen (secondary N) is 1. The van der Waals surface area contributed by atoms with Crippen molar-refractivity contribution in [2.45, 2.75) is 44.4 Å². The van der Waals surface area contributed by atoms with Crippen LogP contribution in [-0.4, -0.2) is 42.0 Å². The maximum atomic E-state index is 14.8. The topological polar surface area (TPSA) is 123 Å². The Balaban J connectivity index is 1.51. The molecule has 0 aliphatic carbocycles. The lowest BCUT2D eigenvalue weighted by molar-refractivity contribution is -0.140. The third-order valence-corrected chi connectivity index (χ3v) is 5.73. The number of hydrogen-bond donors (Lipinski definition) is 2. The molecule has 40 heavy (non-hydrogen) atoms. The number of halogens is 7. The van der Waals surface area contributed by atoms with Crippen LogP contribution in [0.5, 0.6) is 5.75 Å². The average molecular weight is 573 g/mol. The van der Waals surface area contributed by atoms with Gasteiger partial charge >= 0.3 is 12.4 Å². The summed E-state index contributed by atoms with van der Waals surface area (Å²) in [6.07, 6.45) is -9.33. The number of rotatable bonds is 7. The number of pyridine rings is 1. The number of alkyl halides is 6. The summed E-state index contributed by atoms with van der Waals surface area (Å²) in [5.74, 6) is -2.14. The Morgan fingerprint density at radius 1 is 1.05 bits per heavy atom. The number of aromatic nitrogens is 5. The van der Waals surface area contributed by atoms with Gasteiger partial charge in [-0.05, 0) is 30.5 Å². The highest BCUT2D eigenvalue weighted by molar-refractivity contribution is 5.85. The summed E-state index contributed by atoms with van der Waals surface area (Å²) in [6, 6.07) is 3.45. The second-order valence-corrected chi connectivity index (χ2v) is 8.74. The fraction of sp³-hybridized carbons (Fsp3) is 0.292. The first-order valence-corrected chi connectivity index (χ1v) is 11.4. The third-order valence-electron chi connectivity index (χ3n) is 5.73. The van der Waals surface area contributed by atoms with E-state index in [0.717, 1.165) is 10.6 Å². The molecular weight excluding hydrogens is 555 g/mol. The third kappa shape index (κ3) is 6.11. The summed E-state index contributed by atoms with van der Waals surface area (Å²) < 4.78 is 98.9. The standard InChI is InChI=1S/C24H18F7N5O4/c1-11(40-18-9-34-35-21(38)19(18)24(29,30)31)4-14(37)10-36-3-2-12-5-16(17(25)6-15(12)22(36)39)20-32-7-13(8-33-20)23(26,27)28/h2-3,5-9,11,14,37H,4,10H2,1H3,(H,35,38)/t11-,14?/m0/s1. The number of aliphatic hydroxyl groups excluding tert-OH is 1. The maximum absolute atomic E-state index is 14.8. The summed E-state index contributed by atoms with van der Waals surface area (Å²) >= 11 is 0. The summed E-state index contributed by atoms with van der Waals surface area (Å²) in [4.78, 5) is 31.6. The molecule has 0 aliphatic rings. The summed E-state index contributed by atoms with van der Waals surface area (Å²) in [5, 5.41) is 15.5. The van der Waals surface area contributed by atoms with Crippen LogP contribution in [0.3, 0.4) is 0 Å². The van der Waals surface area contributed by atoms with Crippen LogP contribution in [0.15, 0.2) is 52.6 Å². The lowest BCUT2D eigenvalue weighted by atomic mass is 10.1. The number of H-pyrrole nitrogens is 1. The van der Waals surface area contributed by atoms with Gasteiger partial charge in [0.25, 0.3) is 11.1 Å². The predicted octanol–water partition coefficient (Wildman–Crippen LogP) is 3.94. The average Bonchev–Trinajstić information content (AvgIpc) is 2.84. The van der Waals surface area contributed by atoms with Gasteiger partial charge in [-0.1, -0.05) is 0 Å². The molecule has 0 aliphatic heterocycles. The zero-order valence-electron chi connectivity index (χ0n) is 20.2. The minimum atomic E-state index is -5.02. The van der Waals surface area contributed by atoms with E-state index in [0.29, 0.717) is 18.6 Å². The number of ether oxygens (including phenoxy) is 1. The molecule has 3 aromatic heterocycles. The van der Waals surface area contributed by atoms with Crippen molar-refractivity contribution in [3.63, 3.8) is 0 Å². The fourth-order valence-electron chi connectivity index (χ4n) is 3.92. The van der Waals surface area contributed by atoms with E-state index in [1.54, 1.807) is 5.10 Å². The van der Waals surface area contributed by atoms with Gasteiger partial charge in [-0.2, -0.15) is 31.4 Å². The number of nitrogens with zero attached hydrogens (tertiary/aromatic N) is 4. The molecule has 1 aromatic carbocycles. The first-order valence-electron chi connectivity index (χ1n) is 11.4. The van der Waals surface area contributed by atoms with Gasteiger partial charge in [0.1, 0.15) is 5.82 Å². The van der Waals surface area contributed by atoms with Crippen LogP contribution in [0.4, 0.5) is 30.7 Å². The molecule has 0 saturated carbocycles. The van der Waals surface area contributed by atoms with Crippen molar-refractivity contribution in [1.29, 1.82) is 0 Å². The van der Waals surface area contributed by atoms with Crippen molar-refractivity contribution in [2.24, 2.45) is 0 Å². The second kappa shape index (κ2) is 10.7. The van der Waals surface area contributed by atoms with Gasteiger partial charge in [0.15, 0.2) is 17.1 Å². The lowest BCUT2D eigenvalue weighted by Gasteiger charge is -2.20. The molecule has 0 radical (unpaired) electrons. The Morgan fingerprint density at radius 2 is 1.73 bits per heavy atom. The van der Waals surface area contributed by atoms with E-state index in [-0.39, 0.29) is 35.1 Å². The summed E-state index contributed by atoms with van der Waals surface area (Å²) in [7, 11) is 0. The minimum absolute atomic E-state index is 0.114. The molecule has 0 fully saturated rings. The zero-order chi connectivity index (χ0) is 29.4. The molecule has 9 nitrogen and oxygen atoms in total. The van der Waals surface area contributed by atoms with Gasteiger partial charge in [0.05, 0.1) is 41.5 Å². The number of aliphatic hydroxyl groups is 1. The number of fused-ring (bicyclic) bond motifs is 1. The van der Waals surface area contributed by atoms with Gasteiger partial charge in [-0.15, -0.1) is 0 Å². The van der Waals surface area contributed by atoms with Crippen LogP contribution < -0.4 is 15.9 Å². The number of benzene rings is 1. The van der Waals surface area contributed by atoms with Crippen molar-refractivity contribution in [3.8, 4) is 17.1 Å². The second-order valence-electron chi connectivity index (χ2n) is 8.74. The van der Waals surface area contributed by atoms with E-state index in [9.17, 15) is 45.4 Å². The Bertz CT molecular complexity index is 1650. The number of hydrogen-bond acceptors (Lipinski definition) is 7. The molecule has 2 atom stereocenters. The van der Waals surface area contributed by atoms with Gasteiger partial charge in [0, 0.05) is 25.0 Å². The maximum Gasteiger partial charge on any atom is 0.425 e. The highest BCUT2D eigenvalue weighted by atomic mass is 19.4. The fourth-order valence-corrected chi connectivity index (χ4v) is 3.92. The van der Waals surface area contributed by atoms with E-state index in [2.05, 4.69) is 15.1 Å². The Morgan fingerprint density at radius 3 is 2.35 bits per heavy atom. The molecule has 1 unspecified atom stereocenters. The van der Waals surface area contributed by atoms with Crippen molar-refractivity contribution in [3.05, 3.63) is 80.6 Å². The molecule has 0 amide bonds. The molecule has 4 rings (SSSR count). The van der Waals surface area contributed by atoms with Crippen LogP contribution in [-0.2, 0) is 18.9 Å². The molecule has 2 N–H and O–H groups in total. The number of aromatic amines is 1. The zero-order valence-corrected chi connectivity index (χ0v) is 20.2. The molecule has 0 saturated heterocycles. The summed E-state index contributed by atoms with van der Waals surface area (Å²) in [5.41, 5.74) is -5.16. The highest BCUT2D eigenvalue weighted by Crippen LogP contribution is 2.33. The van der Waals surface area contributed by atoms with Crippen molar-refractivity contribution < 1.29 is 40.6 Å². The van der Waals surface area contributed by atoms with E-state index in [1.807, 2.05) is 0 Å². The largest absolute Gasteiger partial charge is 0.488 e. The lowest BCUT2D eigenvalue weighted by Crippen LogP contribution is -2.31. The van der Waals surface area contributed by atoms with Crippen LogP contribution in [0.2, 0.25) is 0 Å². The Hall–Kier alpha value is -4.34. The van der Waals surface area contributed by atoms with Gasteiger partial charge in [-0.3, -0.25) is 9.59 Å². The van der Waals surface area contributed by atoms with Crippen molar-refractivity contribution in [1.82, 2.24) is 24.7 Å². The van der Waals surface area contributed by atoms with Crippen LogP contribution in [0, 0.1) is 5.82 Å². The first-order chi connectivity index (χ1) is 18.6. The van der Waals surface area contributed by atoms with E-state index < -0.39 is 58.4 Å². The molecule has 0 bridgehead atoms. The van der Waals surface area contributed by atoms with Crippen LogP contribution >= 0.6 is 0 Å². The first kappa shape index (κ1) is 28.7. The molecule has 4 aromatic rings. The smallest absolute Gasteiger partial charge is 0.425 e. The monoisotopic (exact) mass is 573 g/mol. The van der Waals surface area contributed by atoms with Crippen LogP contribution in [0.25, 0.3) is 22.2 Å². The van der Waals surface area contributed by atoms with Gasteiger partial charge < -0.3 is 14.4 Å². The summed E-state index contributed by atoms with van der Waals surface area (Å²) in [6.45, 7) is 1.00. The van der Waals surface area contributed by atoms with Gasteiger partial charge in [0.2, 0.25) is 0 Å². The SMILES string of the molecule is C[C@@H](CC(O)Cn1ccc2cc(-c3ncc(C(F)(F)F)cn3)c(F)cc2c1=O)Oc1cn[nH]c(=O)c1C(F)(F)F. The minimum Gasteiger partial charge on any atom is -0.488 e. The van der Waals surface area contributed by atoms with E-state index >= 15 is 0 Å². The Labute approximate surface area is 218 Å². The Kier molecular flexibility index (Phi) is 7.65. The van der Waals surface area contributed by atoms with Crippen molar-refractivity contribution in [2.75, 3.05) is 0 Å². The molecule has 3 heterocycles. The molecular formula is C24H18F7N5O4. The quantitative estimate of drug-likeness (QED) is 0.321.